The quantitative estimate of drug-likeness (QED) is 0.233. The van der Waals surface area contributed by atoms with Gasteiger partial charge < -0.3 is 0 Å². The Kier molecular flexibility index (Phi) is 12.7. The van der Waals surface area contributed by atoms with Crippen LogP contribution in [-0.4, -0.2) is 43.7 Å². The predicted octanol–water partition coefficient (Wildman–Crippen LogP) is 11.5. The Hall–Kier alpha value is 5.47. The smallest absolute Gasteiger partial charge is 0.252 e. The molecule has 0 rings (SSSR count). The summed E-state index contributed by atoms with van der Waals surface area (Å²) in [5, 5.41) is 0. The summed E-state index contributed by atoms with van der Waals surface area (Å²) >= 11 is 119. The number of ketones is 1. The molecule has 0 saturated heterocycles. The van der Waals surface area contributed by atoms with Crippen molar-refractivity contribution in [2.75, 3.05) is 0 Å². The maximum Gasteiger partial charge on any atom is 0.252 e. The molecule has 0 aromatic heterocycles. The number of carbonyl (C=O) groups excluding carboxylic acids is 1. The minimum atomic E-state index is -3.22. The van der Waals surface area contributed by atoms with E-state index in [1.165, 1.54) is 0 Å². The van der Waals surface area contributed by atoms with E-state index in [4.69, 9.17) is 232 Å². The lowest BCUT2D eigenvalue weighted by atomic mass is 10.0. The predicted molar refractivity (Wildman–Crippen MR) is 147 cm³/mol. The lowest BCUT2D eigenvalue weighted by Crippen LogP contribution is -2.71. The normalized spacial score (nSPS) is 16.5. The van der Waals surface area contributed by atoms with Gasteiger partial charge in [0.15, 0.2) is 21.7 Å². The van der Waals surface area contributed by atoms with Gasteiger partial charge in [-0.25, -0.2) is 0 Å². The summed E-state index contributed by atoms with van der Waals surface area (Å²) in [6.07, 6.45) is 0. The SMILES string of the molecule is O=C(C(Cl)(Cl)Cl)C(Cl)(Cl)C(Cl)(Cl)C(Cl)(Cl)C(Cl)(Cl)C(Cl)(Cl)C(Cl)(Cl)C(Cl)(Cl)C(Cl)(Cl)Cl. The van der Waals surface area contributed by atoms with Crippen LogP contribution in [0.2, 0.25) is 0 Å². The van der Waals surface area contributed by atoms with Crippen molar-refractivity contribution in [2.24, 2.45) is 0 Å². The minimum Gasteiger partial charge on any atom is -0.291 e. The zero-order valence-electron chi connectivity index (χ0n) is 13.0. The summed E-state index contributed by atoms with van der Waals surface area (Å²) in [5.74, 6) is -1.64. The maximum atomic E-state index is 12.4. The largest absolute Gasteiger partial charge is 0.291 e. The molecule has 0 fully saturated rings. The summed E-state index contributed by atoms with van der Waals surface area (Å²) in [6, 6.07) is 0. The van der Waals surface area contributed by atoms with Crippen LogP contribution in [0.5, 0.6) is 0 Å². The second-order valence-electron chi connectivity index (χ2n) is 5.35. The van der Waals surface area contributed by atoms with Gasteiger partial charge in [0, 0.05) is 0 Å². The number of hydrogen-bond acceptors (Lipinski definition) is 1. The zero-order chi connectivity index (χ0) is 26.1. The highest BCUT2D eigenvalue weighted by molar-refractivity contribution is 6.86. The molecule has 0 aromatic rings. The van der Waals surface area contributed by atoms with Crippen LogP contribution in [0, 0.1) is 0 Å². The number of Topliss-reactive ketones (excluding diaryl/α,β-unsaturated/α-hetero) is 1. The molecule has 1 nitrogen and oxygen atoms in total. The molecule has 0 amide bonds. The molecule has 0 spiro atoms. The highest BCUT2D eigenvalue weighted by Gasteiger charge is 2.82. The standard InChI is InChI=1S/C10Cl20O/c11-2(12,1(31)3(13,14)15)4(16,17)5(18,19)6(20,21)7(22,23)8(24,25)9(26,27)10(28,29)30. The Morgan fingerprint density at radius 1 is 0.355 bits per heavy atom. The summed E-state index contributed by atoms with van der Waals surface area (Å²) in [7, 11) is 0. The molecule has 0 bridgehead atoms. The molecule has 0 heterocycles. The molecule has 186 valence electrons. The Labute approximate surface area is 276 Å². The van der Waals surface area contributed by atoms with Crippen LogP contribution in [0.1, 0.15) is 0 Å². The van der Waals surface area contributed by atoms with Crippen molar-refractivity contribution in [1.29, 1.82) is 0 Å². The Bertz CT molecular complexity index is 692. The molecule has 0 radical (unpaired) electrons. The number of rotatable bonds is 7. The first kappa shape index (κ1) is 36.5. The van der Waals surface area contributed by atoms with Crippen molar-refractivity contribution in [2.45, 2.75) is 37.9 Å². The summed E-state index contributed by atoms with van der Waals surface area (Å²) in [5.41, 5.74) is 0. The van der Waals surface area contributed by atoms with Gasteiger partial charge in [0.25, 0.3) is 3.79 Å². The molecule has 0 N–H and O–H groups in total. The van der Waals surface area contributed by atoms with Crippen LogP contribution in [-0.2, 0) is 4.79 Å². The summed E-state index contributed by atoms with van der Waals surface area (Å²) in [4.78, 5) is 12.4. The topological polar surface area (TPSA) is 17.1 Å². The molecule has 0 aliphatic carbocycles. The van der Waals surface area contributed by atoms with E-state index in [1.54, 1.807) is 0 Å². The maximum absolute atomic E-state index is 12.4. The fourth-order valence-corrected chi connectivity index (χ4v) is 7.46. The van der Waals surface area contributed by atoms with E-state index >= 15 is 0 Å². The monoisotopic (exact) mass is 835 g/mol. The van der Waals surface area contributed by atoms with E-state index in [9.17, 15) is 4.79 Å². The first-order valence-electron chi connectivity index (χ1n) is 6.23. The molecular weight excluding hydrogens is 845 g/mol. The van der Waals surface area contributed by atoms with Crippen LogP contribution in [0.25, 0.3) is 0 Å². The first-order chi connectivity index (χ1) is 12.9. The zero-order valence-corrected chi connectivity index (χ0v) is 28.1. The minimum absolute atomic E-state index is 1.64. The Morgan fingerprint density at radius 2 is 0.581 bits per heavy atom. The Balaban J connectivity index is 6.87. The second-order valence-corrected chi connectivity index (χ2v) is 19.2. The molecule has 0 saturated carbocycles. The van der Waals surface area contributed by atoms with Gasteiger partial charge in [-0.15, -0.1) is 0 Å². The number of halogens is 20. The third-order valence-electron chi connectivity index (χ3n) is 3.26. The number of carbonyl (C=O) groups is 1. The summed E-state index contributed by atoms with van der Waals surface area (Å²) in [6.45, 7) is 0. The van der Waals surface area contributed by atoms with Crippen molar-refractivity contribution in [3.8, 4) is 0 Å². The van der Waals surface area contributed by atoms with Crippen LogP contribution < -0.4 is 0 Å². The fourth-order valence-electron chi connectivity index (χ4n) is 1.48. The molecule has 0 aromatic carbocycles. The van der Waals surface area contributed by atoms with Gasteiger partial charge in [0.05, 0.1) is 0 Å². The van der Waals surface area contributed by atoms with Gasteiger partial charge in [-0.3, -0.25) is 4.79 Å². The van der Waals surface area contributed by atoms with Gasteiger partial charge in [-0.05, 0) is 0 Å². The molecule has 0 aliphatic heterocycles. The number of hydrogen-bond donors (Lipinski definition) is 0. The van der Waals surface area contributed by atoms with Gasteiger partial charge in [-0.2, -0.15) is 0 Å². The van der Waals surface area contributed by atoms with Crippen LogP contribution in [0.4, 0.5) is 0 Å². The molecular formula is C10Cl20O. The second kappa shape index (κ2) is 10.8. The first-order valence-corrected chi connectivity index (χ1v) is 13.8. The molecule has 21 heteroatoms. The van der Waals surface area contributed by atoms with Crippen LogP contribution >= 0.6 is 232 Å². The van der Waals surface area contributed by atoms with E-state index in [-0.39, 0.29) is 0 Å². The van der Waals surface area contributed by atoms with Gasteiger partial charge >= 0.3 is 0 Å². The van der Waals surface area contributed by atoms with E-state index < -0.39 is 43.7 Å². The van der Waals surface area contributed by atoms with Crippen LogP contribution in [0.15, 0.2) is 0 Å². The lowest BCUT2D eigenvalue weighted by molar-refractivity contribution is -0.119. The van der Waals surface area contributed by atoms with Crippen molar-refractivity contribution < 1.29 is 4.79 Å². The van der Waals surface area contributed by atoms with Crippen molar-refractivity contribution in [3.05, 3.63) is 0 Å². The number of alkyl halides is 20. The fraction of sp³-hybridized carbons (Fsp3) is 0.900. The molecule has 0 aliphatic rings. The van der Waals surface area contributed by atoms with E-state index in [1.807, 2.05) is 0 Å². The average Bonchev–Trinajstić information content (AvgIpc) is 2.50. The third kappa shape index (κ3) is 6.14. The van der Waals surface area contributed by atoms with E-state index in [0.717, 1.165) is 0 Å². The van der Waals surface area contributed by atoms with E-state index in [0.29, 0.717) is 0 Å². The third-order valence-corrected chi connectivity index (χ3v) is 15.2. The van der Waals surface area contributed by atoms with Gasteiger partial charge in [0.1, 0.15) is 0 Å². The van der Waals surface area contributed by atoms with Crippen LogP contribution in [0.3, 0.4) is 0 Å². The Morgan fingerprint density at radius 3 is 0.806 bits per heavy atom. The van der Waals surface area contributed by atoms with E-state index in [2.05, 4.69) is 0 Å². The average molecular weight is 845 g/mol. The van der Waals surface area contributed by atoms with Crippen molar-refractivity contribution in [3.63, 3.8) is 0 Å². The summed E-state index contributed by atoms with van der Waals surface area (Å²) < 4.78 is -27.4. The molecule has 31 heavy (non-hydrogen) atoms. The lowest BCUT2D eigenvalue weighted by Gasteiger charge is -2.54. The highest BCUT2D eigenvalue weighted by Crippen LogP contribution is 2.72. The van der Waals surface area contributed by atoms with Crippen molar-refractivity contribution >= 4 is 238 Å². The molecule has 0 atom stereocenters. The highest BCUT2D eigenvalue weighted by atomic mass is 35.6. The van der Waals surface area contributed by atoms with Crippen molar-refractivity contribution in [1.82, 2.24) is 0 Å². The molecule has 0 unspecified atom stereocenters. The van der Waals surface area contributed by atoms with Gasteiger partial charge in [0.2, 0.25) is 18.2 Å². The van der Waals surface area contributed by atoms with Gasteiger partial charge in [-0.1, -0.05) is 232 Å².